The van der Waals surface area contributed by atoms with Crippen LogP contribution in [-0.4, -0.2) is 41.6 Å². The summed E-state index contributed by atoms with van der Waals surface area (Å²) >= 11 is 0. The van der Waals surface area contributed by atoms with Crippen molar-refractivity contribution in [3.8, 4) is 0 Å². The molecule has 0 aliphatic carbocycles. The number of fused-ring (bicyclic) bond motifs is 1. The minimum absolute atomic E-state index is 0. The van der Waals surface area contributed by atoms with E-state index in [0.29, 0.717) is 24.1 Å². The molecule has 0 saturated carbocycles. The van der Waals surface area contributed by atoms with E-state index in [1.54, 1.807) is 24.5 Å². The van der Waals surface area contributed by atoms with Gasteiger partial charge in [-0.3, -0.25) is 9.88 Å². The summed E-state index contributed by atoms with van der Waals surface area (Å²) in [6.07, 6.45) is 9.56. The number of halogens is 1. The van der Waals surface area contributed by atoms with Gasteiger partial charge >= 0.3 is 5.97 Å². The Hall–Kier alpha value is -1.13. The Kier molecular flexibility index (Phi) is 6.00. The summed E-state index contributed by atoms with van der Waals surface area (Å²) in [4.78, 5) is 18.5. The van der Waals surface area contributed by atoms with Crippen molar-refractivity contribution in [1.82, 2.24) is 9.88 Å². The second kappa shape index (κ2) is 7.76. The Labute approximate surface area is 132 Å². The van der Waals surface area contributed by atoms with E-state index in [9.17, 15) is 4.79 Å². The van der Waals surface area contributed by atoms with E-state index in [1.807, 2.05) is 0 Å². The van der Waals surface area contributed by atoms with Crippen molar-refractivity contribution in [2.75, 3.05) is 19.7 Å². The molecule has 0 amide bonds. The van der Waals surface area contributed by atoms with Crippen LogP contribution in [-0.2, 0) is 4.74 Å². The van der Waals surface area contributed by atoms with Gasteiger partial charge in [-0.25, -0.2) is 4.79 Å². The Morgan fingerprint density at radius 1 is 1.19 bits per heavy atom. The highest BCUT2D eigenvalue weighted by atomic mass is 35.5. The maximum absolute atomic E-state index is 12.0. The quantitative estimate of drug-likeness (QED) is 0.805. The van der Waals surface area contributed by atoms with E-state index in [0.717, 1.165) is 0 Å². The normalized spacial score (nSPS) is 25.5. The summed E-state index contributed by atoms with van der Waals surface area (Å²) in [5, 5.41) is 0. The molecule has 0 radical (unpaired) electrons. The summed E-state index contributed by atoms with van der Waals surface area (Å²) in [6, 6.07) is 4.04. The molecule has 5 heteroatoms. The number of pyridine rings is 1. The molecule has 2 atom stereocenters. The predicted molar refractivity (Wildman–Crippen MR) is 83.7 cm³/mol. The molecule has 116 valence electrons. The molecule has 0 bridgehead atoms. The molecule has 21 heavy (non-hydrogen) atoms. The SMILES string of the molecule is Cl.O=C(OCC1CCCN2CCCCC12)c1ccncc1. The van der Waals surface area contributed by atoms with E-state index in [-0.39, 0.29) is 18.4 Å². The molecule has 3 heterocycles. The van der Waals surface area contributed by atoms with Gasteiger partial charge in [0, 0.05) is 24.4 Å². The molecule has 0 aromatic carbocycles. The Morgan fingerprint density at radius 3 is 2.76 bits per heavy atom. The molecule has 1 aromatic heterocycles. The zero-order valence-corrected chi connectivity index (χ0v) is 13.1. The molecule has 3 rings (SSSR count). The van der Waals surface area contributed by atoms with E-state index < -0.39 is 0 Å². The van der Waals surface area contributed by atoms with Crippen LogP contribution in [0.25, 0.3) is 0 Å². The van der Waals surface area contributed by atoms with E-state index >= 15 is 0 Å². The minimum atomic E-state index is -0.222. The zero-order chi connectivity index (χ0) is 13.8. The molecule has 2 fully saturated rings. The number of aromatic nitrogens is 1. The summed E-state index contributed by atoms with van der Waals surface area (Å²) in [5.74, 6) is 0.287. The molecule has 2 aliphatic heterocycles. The number of esters is 1. The van der Waals surface area contributed by atoms with Gasteiger partial charge in [-0.15, -0.1) is 12.4 Å². The lowest BCUT2D eigenvalue weighted by molar-refractivity contribution is 0.00738. The Balaban J connectivity index is 0.00000161. The van der Waals surface area contributed by atoms with Crippen molar-refractivity contribution < 1.29 is 9.53 Å². The third-order valence-corrected chi connectivity index (χ3v) is 4.57. The highest BCUT2D eigenvalue weighted by Crippen LogP contribution is 2.31. The number of hydrogen-bond acceptors (Lipinski definition) is 4. The topological polar surface area (TPSA) is 42.4 Å². The van der Waals surface area contributed by atoms with Crippen LogP contribution in [0.2, 0.25) is 0 Å². The predicted octanol–water partition coefficient (Wildman–Crippen LogP) is 2.92. The summed E-state index contributed by atoms with van der Waals surface area (Å²) in [7, 11) is 0. The van der Waals surface area contributed by atoms with Crippen LogP contribution in [0.15, 0.2) is 24.5 Å². The third kappa shape index (κ3) is 3.95. The molecule has 2 unspecified atom stereocenters. The number of hydrogen-bond donors (Lipinski definition) is 0. The fraction of sp³-hybridized carbons (Fsp3) is 0.625. The molecule has 2 saturated heterocycles. The maximum atomic E-state index is 12.0. The van der Waals surface area contributed by atoms with Gasteiger partial charge in [-0.05, 0) is 50.9 Å². The van der Waals surface area contributed by atoms with E-state index in [1.165, 1.54) is 45.2 Å². The van der Waals surface area contributed by atoms with Gasteiger partial charge in [0.05, 0.1) is 12.2 Å². The van der Waals surface area contributed by atoms with Crippen molar-refractivity contribution in [3.05, 3.63) is 30.1 Å². The molecular weight excluding hydrogens is 288 g/mol. The molecule has 4 nitrogen and oxygen atoms in total. The number of piperidine rings is 2. The van der Waals surface area contributed by atoms with E-state index in [2.05, 4.69) is 9.88 Å². The van der Waals surface area contributed by atoms with Gasteiger partial charge in [-0.2, -0.15) is 0 Å². The second-order valence-electron chi connectivity index (χ2n) is 5.84. The first-order chi connectivity index (χ1) is 9.84. The van der Waals surface area contributed by atoms with Crippen LogP contribution in [0.4, 0.5) is 0 Å². The largest absolute Gasteiger partial charge is 0.462 e. The Bertz CT molecular complexity index is 453. The monoisotopic (exact) mass is 310 g/mol. The molecule has 0 spiro atoms. The van der Waals surface area contributed by atoms with Crippen molar-refractivity contribution in [2.24, 2.45) is 5.92 Å². The first-order valence-electron chi connectivity index (χ1n) is 7.66. The highest BCUT2D eigenvalue weighted by molar-refractivity contribution is 5.89. The zero-order valence-electron chi connectivity index (χ0n) is 12.2. The fourth-order valence-electron chi connectivity index (χ4n) is 3.53. The first-order valence-corrected chi connectivity index (χ1v) is 7.66. The van der Waals surface area contributed by atoms with Gasteiger partial charge in [0.1, 0.15) is 0 Å². The lowest BCUT2D eigenvalue weighted by Gasteiger charge is -2.44. The van der Waals surface area contributed by atoms with Crippen LogP contribution in [0.5, 0.6) is 0 Å². The van der Waals surface area contributed by atoms with Crippen LogP contribution >= 0.6 is 12.4 Å². The molecule has 0 N–H and O–H groups in total. The van der Waals surface area contributed by atoms with Gasteiger partial charge in [0.25, 0.3) is 0 Å². The highest BCUT2D eigenvalue weighted by Gasteiger charge is 2.33. The number of carbonyl (C=O) groups excluding carboxylic acids is 1. The van der Waals surface area contributed by atoms with Crippen molar-refractivity contribution in [1.29, 1.82) is 0 Å². The lowest BCUT2D eigenvalue weighted by Crippen LogP contribution is -2.49. The van der Waals surface area contributed by atoms with Crippen molar-refractivity contribution >= 4 is 18.4 Å². The average molecular weight is 311 g/mol. The van der Waals surface area contributed by atoms with E-state index in [4.69, 9.17) is 4.74 Å². The fourth-order valence-corrected chi connectivity index (χ4v) is 3.53. The summed E-state index contributed by atoms with van der Waals surface area (Å²) in [6.45, 7) is 3.00. The Morgan fingerprint density at radius 2 is 1.95 bits per heavy atom. The van der Waals surface area contributed by atoms with Crippen molar-refractivity contribution in [2.45, 2.75) is 38.1 Å². The number of rotatable bonds is 3. The molecular formula is C16H23ClN2O2. The number of ether oxygens (including phenoxy) is 1. The third-order valence-electron chi connectivity index (χ3n) is 4.57. The van der Waals surface area contributed by atoms with Crippen LogP contribution in [0.3, 0.4) is 0 Å². The first kappa shape index (κ1) is 16.2. The lowest BCUT2D eigenvalue weighted by atomic mass is 9.84. The number of nitrogens with zero attached hydrogens (tertiary/aromatic N) is 2. The second-order valence-corrected chi connectivity index (χ2v) is 5.84. The summed E-state index contributed by atoms with van der Waals surface area (Å²) in [5.41, 5.74) is 0.594. The molecule has 2 aliphatic rings. The van der Waals surface area contributed by atoms with Crippen LogP contribution in [0.1, 0.15) is 42.5 Å². The standard InChI is InChI=1S/C16H22N2O2.ClH/c19-16(13-6-8-17-9-7-13)20-12-14-4-3-11-18-10-2-1-5-15(14)18;/h6-9,14-15H,1-5,10-12H2;1H. The van der Waals surface area contributed by atoms with Gasteiger partial charge in [0.15, 0.2) is 0 Å². The molecule has 1 aromatic rings. The number of carbonyl (C=O) groups is 1. The van der Waals surface area contributed by atoms with Crippen LogP contribution < -0.4 is 0 Å². The summed E-state index contributed by atoms with van der Waals surface area (Å²) < 4.78 is 5.52. The minimum Gasteiger partial charge on any atom is -0.462 e. The average Bonchev–Trinajstić information content (AvgIpc) is 2.53. The van der Waals surface area contributed by atoms with Crippen molar-refractivity contribution in [3.63, 3.8) is 0 Å². The van der Waals surface area contributed by atoms with Crippen LogP contribution in [0, 0.1) is 5.92 Å². The van der Waals surface area contributed by atoms with Gasteiger partial charge in [0.2, 0.25) is 0 Å². The smallest absolute Gasteiger partial charge is 0.338 e. The van der Waals surface area contributed by atoms with Gasteiger partial charge in [-0.1, -0.05) is 6.42 Å². The maximum Gasteiger partial charge on any atom is 0.338 e. The van der Waals surface area contributed by atoms with Gasteiger partial charge < -0.3 is 4.74 Å².